The van der Waals surface area contributed by atoms with Gasteiger partial charge in [0.1, 0.15) is 6.34 Å². The van der Waals surface area contributed by atoms with E-state index in [4.69, 9.17) is 18.0 Å². The molecule has 0 radical (unpaired) electrons. The van der Waals surface area contributed by atoms with E-state index in [-0.39, 0.29) is 5.11 Å². The van der Waals surface area contributed by atoms with Crippen molar-refractivity contribution in [2.45, 2.75) is 19.8 Å². The molecule has 4 nitrogen and oxygen atoms in total. The quantitative estimate of drug-likeness (QED) is 0.361. The lowest BCUT2D eigenvalue weighted by molar-refractivity contribution is 0.777. The van der Waals surface area contributed by atoms with E-state index in [1.807, 2.05) is 0 Å². The van der Waals surface area contributed by atoms with Crippen LogP contribution in [0.25, 0.3) is 0 Å². The van der Waals surface area contributed by atoms with Crippen LogP contribution in [-0.4, -0.2) is 18.0 Å². The topological polar surface area (TPSA) is 53.6 Å². The van der Waals surface area contributed by atoms with E-state index in [9.17, 15) is 0 Å². The Bertz CT molecular complexity index is 456. The molecule has 1 heterocycles. The van der Waals surface area contributed by atoms with Crippen molar-refractivity contribution in [3.8, 4) is 0 Å². The molecule has 3 N–H and O–H groups in total. The average Bonchev–Trinajstić information content (AvgIpc) is 2.29. The highest BCUT2D eigenvalue weighted by molar-refractivity contribution is 7.80. The van der Waals surface area contributed by atoms with E-state index in [1.165, 1.54) is 16.8 Å². The third-order valence-corrected chi connectivity index (χ3v) is 2.92. The Morgan fingerprint density at radius 2 is 2.41 bits per heavy atom. The largest absolute Gasteiger partial charge is 0.375 e. The van der Waals surface area contributed by atoms with Gasteiger partial charge in [0.15, 0.2) is 5.11 Å². The predicted octanol–water partition coefficient (Wildman–Crippen LogP) is 1.52. The van der Waals surface area contributed by atoms with Gasteiger partial charge in [-0.15, -0.1) is 0 Å². The number of para-hydroxylation sites is 1. The van der Waals surface area contributed by atoms with Crippen LogP contribution >= 0.6 is 12.2 Å². The van der Waals surface area contributed by atoms with Crippen molar-refractivity contribution in [2.24, 2.45) is 10.8 Å². The monoisotopic (exact) mass is 248 g/mol. The summed E-state index contributed by atoms with van der Waals surface area (Å²) in [5.41, 5.74) is 11.8. The molecule has 1 aromatic carbocycles. The van der Waals surface area contributed by atoms with E-state index >= 15 is 0 Å². The van der Waals surface area contributed by atoms with Gasteiger partial charge >= 0.3 is 0 Å². The molecule has 0 spiro atoms. The van der Waals surface area contributed by atoms with Crippen LogP contribution in [0.1, 0.15) is 17.5 Å². The second-order valence-corrected chi connectivity index (χ2v) is 4.54. The van der Waals surface area contributed by atoms with Gasteiger partial charge in [0, 0.05) is 12.2 Å². The predicted molar refractivity (Wildman–Crippen MR) is 75.3 cm³/mol. The van der Waals surface area contributed by atoms with Gasteiger partial charge in [-0.1, -0.05) is 18.2 Å². The summed E-state index contributed by atoms with van der Waals surface area (Å²) >= 11 is 4.70. The zero-order valence-corrected chi connectivity index (χ0v) is 10.6. The highest BCUT2D eigenvalue weighted by atomic mass is 32.1. The van der Waals surface area contributed by atoms with Gasteiger partial charge in [0.25, 0.3) is 0 Å². The molecule has 1 aromatic rings. The number of hydrogen-bond donors (Lipinski definition) is 2. The second-order valence-electron chi connectivity index (χ2n) is 4.10. The lowest BCUT2D eigenvalue weighted by atomic mass is 9.99. The fraction of sp³-hybridized carbons (Fsp3) is 0.333. The highest BCUT2D eigenvalue weighted by Crippen LogP contribution is 2.29. The molecule has 1 aliphatic heterocycles. The van der Waals surface area contributed by atoms with Gasteiger partial charge in [0.05, 0.1) is 0 Å². The molecule has 0 aromatic heterocycles. The van der Waals surface area contributed by atoms with Gasteiger partial charge in [-0.2, -0.15) is 5.10 Å². The first-order valence-corrected chi connectivity index (χ1v) is 6.03. The van der Waals surface area contributed by atoms with E-state index < -0.39 is 0 Å². The average molecular weight is 248 g/mol. The van der Waals surface area contributed by atoms with Crippen molar-refractivity contribution in [1.29, 1.82) is 0 Å². The minimum atomic E-state index is 0.184. The van der Waals surface area contributed by atoms with Crippen LogP contribution in [0.15, 0.2) is 23.3 Å². The molecule has 1 aliphatic rings. The number of nitrogens with two attached hydrogens (primary N) is 1. The third kappa shape index (κ3) is 2.74. The first-order valence-electron chi connectivity index (χ1n) is 5.62. The molecule has 5 heteroatoms. The number of aryl methyl sites for hydroxylation is 2. The van der Waals surface area contributed by atoms with Crippen molar-refractivity contribution in [3.05, 3.63) is 29.3 Å². The first kappa shape index (κ1) is 11.9. The number of benzene rings is 1. The summed E-state index contributed by atoms with van der Waals surface area (Å²) in [6.45, 7) is 3.09. The van der Waals surface area contributed by atoms with Crippen molar-refractivity contribution < 1.29 is 0 Å². The van der Waals surface area contributed by atoms with E-state index in [2.05, 4.69) is 40.5 Å². The van der Waals surface area contributed by atoms with E-state index in [0.29, 0.717) is 0 Å². The molecule has 17 heavy (non-hydrogen) atoms. The van der Waals surface area contributed by atoms with Crippen molar-refractivity contribution in [2.75, 3.05) is 11.4 Å². The lowest BCUT2D eigenvalue weighted by Crippen LogP contribution is -2.31. The molecule has 0 atom stereocenters. The summed E-state index contributed by atoms with van der Waals surface area (Å²) in [5, 5.41) is 4.20. The Morgan fingerprint density at radius 3 is 3.18 bits per heavy atom. The number of anilines is 1. The van der Waals surface area contributed by atoms with Crippen molar-refractivity contribution in [1.82, 2.24) is 5.43 Å². The number of rotatable bonds is 2. The summed E-state index contributed by atoms with van der Waals surface area (Å²) in [6, 6.07) is 6.39. The molecular weight excluding hydrogens is 232 g/mol. The molecule has 0 saturated heterocycles. The van der Waals surface area contributed by atoms with Crippen molar-refractivity contribution in [3.63, 3.8) is 0 Å². The number of hydrogen-bond acceptors (Lipinski definition) is 2. The number of hydrazone groups is 1. The number of thiocarbonyl (C=S) groups is 1. The Kier molecular flexibility index (Phi) is 3.58. The summed E-state index contributed by atoms with van der Waals surface area (Å²) in [5.74, 6) is 0. The van der Waals surface area contributed by atoms with Crippen LogP contribution in [-0.2, 0) is 6.42 Å². The zero-order valence-electron chi connectivity index (χ0n) is 9.81. The molecule has 0 fully saturated rings. The maximum atomic E-state index is 5.32. The lowest BCUT2D eigenvalue weighted by Gasteiger charge is -2.29. The molecule has 0 bridgehead atoms. The number of nitrogens with one attached hydrogen (secondary N) is 1. The Balaban J connectivity index is 2.22. The number of nitrogens with zero attached hydrogens (tertiary/aromatic N) is 2. The van der Waals surface area contributed by atoms with Crippen LogP contribution < -0.4 is 16.1 Å². The second kappa shape index (κ2) is 5.14. The summed E-state index contributed by atoms with van der Waals surface area (Å²) in [6.07, 6.45) is 4.02. The minimum absolute atomic E-state index is 0.184. The van der Waals surface area contributed by atoms with Crippen LogP contribution in [0.3, 0.4) is 0 Å². The standard InChI is InChI=1S/C12H16N4S/c1-9-4-2-5-10-6-3-7-16(11(9)10)8-14-15-12(13)17/h2,4-5,8H,3,6-7H2,1H3,(H3,13,15,17). The fourth-order valence-electron chi connectivity index (χ4n) is 2.16. The van der Waals surface area contributed by atoms with E-state index in [1.54, 1.807) is 6.34 Å². The third-order valence-electron chi connectivity index (χ3n) is 2.83. The molecule has 0 unspecified atom stereocenters. The van der Waals surface area contributed by atoms with Gasteiger partial charge < -0.3 is 10.6 Å². The van der Waals surface area contributed by atoms with Crippen LogP contribution in [0, 0.1) is 6.92 Å². The van der Waals surface area contributed by atoms with Gasteiger partial charge in [-0.05, 0) is 43.1 Å². The highest BCUT2D eigenvalue weighted by Gasteiger charge is 2.16. The van der Waals surface area contributed by atoms with Crippen LogP contribution in [0.4, 0.5) is 5.69 Å². The molecule has 0 amide bonds. The molecule has 90 valence electrons. The normalized spacial score (nSPS) is 14.8. The Labute approximate surface area is 106 Å². The smallest absolute Gasteiger partial charge is 0.184 e. The fourth-order valence-corrected chi connectivity index (χ4v) is 2.21. The molecule has 0 aliphatic carbocycles. The summed E-state index contributed by atoms with van der Waals surface area (Å²) in [7, 11) is 0. The maximum Gasteiger partial charge on any atom is 0.184 e. The maximum absolute atomic E-state index is 5.32. The summed E-state index contributed by atoms with van der Waals surface area (Å²) < 4.78 is 0. The van der Waals surface area contributed by atoms with Gasteiger partial charge in [-0.3, -0.25) is 5.43 Å². The van der Waals surface area contributed by atoms with Crippen molar-refractivity contribution >= 4 is 29.4 Å². The first-order chi connectivity index (χ1) is 8.18. The van der Waals surface area contributed by atoms with E-state index in [0.717, 1.165) is 19.4 Å². The SMILES string of the molecule is Cc1cccc2c1N(C=NNC(N)=S)CCC2. The Morgan fingerprint density at radius 1 is 1.59 bits per heavy atom. The zero-order chi connectivity index (χ0) is 12.3. The van der Waals surface area contributed by atoms with Crippen LogP contribution in [0.2, 0.25) is 0 Å². The molecular formula is C12H16N4S. The minimum Gasteiger partial charge on any atom is -0.375 e. The number of fused-ring (bicyclic) bond motifs is 1. The summed E-state index contributed by atoms with van der Waals surface area (Å²) in [4.78, 5) is 2.14. The van der Waals surface area contributed by atoms with Crippen LogP contribution in [0.5, 0.6) is 0 Å². The van der Waals surface area contributed by atoms with Gasteiger partial charge in [-0.25, -0.2) is 0 Å². The molecule has 2 rings (SSSR count). The Hall–Kier alpha value is -1.62. The van der Waals surface area contributed by atoms with Gasteiger partial charge in [0.2, 0.25) is 0 Å². The molecule has 0 saturated carbocycles.